The van der Waals surface area contributed by atoms with Gasteiger partial charge in [-0.3, -0.25) is 9.59 Å². The fraction of sp³-hybridized carbons (Fsp3) is 0.160. The van der Waals surface area contributed by atoms with Gasteiger partial charge in [0.1, 0.15) is 12.4 Å². The molecule has 0 fully saturated rings. The quantitative estimate of drug-likeness (QED) is 0.451. The van der Waals surface area contributed by atoms with Crippen LogP contribution in [0.3, 0.4) is 0 Å². The molecule has 2 amide bonds. The molecule has 0 heterocycles. The van der Waals surface area contributed by atoms with Crippen LogP contribution >= 0.6 is 0 Å². The molecule has 10 heteroatoms. The van der Waals surface area contributed by atoms with E-state index >= 15 is 0 Å². The Labute approximate surface area is 200 Å². The first kappa shape index (κ1) is 25.0. The second-order valence-corrected chi connectivity index (χ2v) is 7.10. The molecule has 0 saturated heterocycles. The topological polar surface area (TPSA) is 110 Å². The Morgan fingerprint density at radius 3 is 2.57 bits per heavy atom. The first-order chi connectivity index (χ1) is 16.9. The van der Waals surface area contributed by atoms with E-state index in [0.29, 0.717) is 17.0 Å². The van der Waals surface area contributed by atoms with Gasteiger partial charge in [-0.2, -0.15) is 14.0 Å². The van der Waals surface area contributed by atoms with Crippen molar-refractivity contribution in [1.29, 1.82) is 5.26 Å². The predicted octanol–water partition coefficient (Wildman–Crippen LogP) is 4.12. The van der Waals surface area contributed by atoms with Gasteiger partial charge in [0.25, 0.3) is 5.91 Å². The molecule has 180 valence electrons. The molecule has 3 aromatic rings. The maximum Gasteiger partial charge on any atom is 0.387 e. The summed E-state index contributed by atoms with van der Waals surface area (Å²) >= 11 is 0. The maximum atomic E-state index is 12.4. The van der Waals surface area contributed by atoms with Crippen molar-refractivity contribution >= 4 is 17.5 Å². The number of amides is 2. The standard InChI is InChI=1S/C25H21F2N3O5/c1-33-22-11-18(8-9-21(22)35-25(26)27)24(32)29-14-23(31)30-19-6-3-7-20(12-19)34-15-17-5-2-4-16(10-17)13-28/h2-12,25H,14-15H2,1H3,(H,29,32)(H,30,31). The van der Waals surface area contributed by atoms with Crippen LogP contribution in [0.5, 0.6) is 17.2 Å². The Kier molecular flexibility index (Phi) is 8.56. The molecule has 35 heavy (non-hydrogen) atoms. The van der Waals surface area contributed by atoms with Gasteiger partial charge in [0.05, 0.1) is 25.3 Å². The number of anilines is 1. The second-order valence-electron chi connectivity index (χ2n) is 7.10. The van der Waals surface area contributed by atoms with E-state index < -0.39 is 18.4 Å². The van der Waals surface area contributed by atoms with Gasteiger partial charge in [0.15, 0.2) is 11.5 Å². The van der Waals surface area contributed by atoms with E-state index in [1.807, 2.05) is 6.07 Å². The van der Waals surface area contributed by atoms with Crippen LogP contribution < -0.4 is 24.8 Å². The zero-order valence-corrected chi connectivity index (χ0v) is 18.6. The van der Waals surface area contributed by atoms with Crippen molar-refractivity contribution in [3.05, 3.63) is 83.4 Å². The van der Waals surface area contributed by atoms with Crippen LogP contribution in [0.1, 0.15) is 21.5 Å². The van der Waals surface area contributed by atoms with Gasteiger partial charge < -0.3 is 24.8 Å². The number of rotatable bonds is 10. The van der Waals surface area contributed by atoms with Crippen LogP contribution in [0.25, 0.3) is 0 Å². The highest BCUT2D eigenvalue weighted by Gasteiger charge is 2.15. The molecule has 3 aromatic carbocycles. The normalized spacial score (nSPS) is 10.3. The molecular formula is C25H21F2N3O5. The second kappa shape index (κ2) is 12.0. The minimum Gasteiger partial charge on any atom is -0.493 e. The van der Waals surface area contributed by atoms with Crippen molar-refractivity contribution in [3.63, 3.8) is 0 Å². The minimum absolute atomic E-state index is 0.0430. The van der Waals surface area contributed by atoms with Gasteiger partial charge in [-0.05, 0) is 48.0 Å². The number of hydrogen-bond donors (Lipinski definition) is 2. The van der Waals surface area contributed by atoms with Crippen molar-refractivity contribution < 1.29 is 32.6 Å². The summed E-state index contributed by atoms with van der Waals surface area (Å²) in [6.07, 6.45) is 0. The Morgan fingerprint density at radius 2 is 1.83 bits per heavy atom. The summed E-state index contributed by atoms with van der Waals surface area (Å²) in [5, 5.41) is 14.1. The number of nitrogens with zero attached hydrogens (tertiary/aromatic N) is 1. The van der Waals surface area contributed by atoms with E-state index in [2.05, 4.69) is 21.4 Å². The number of carbonyl (C=O) groups is 2. The average Bonchev–Trinajstić information content (AvgIpc) is 2.86. The summed E-state index contributed by atoms with van der Waals surface area (Å²) in [7, 11) is 1.25. The summed E-state index contributed by atoms with van der Waals surface area (Å²) in [4.78, 5) is 24.6. The molecule has 0 radical (unpaired) electrons. The number of alkyl halides is 2. The Hall–Kier alpha value is -4.65. The Balaban J connectivity index is 1.53. The van der Waals surface area contributed by atoms with Crippen molar-refractivity contribution in [2.45, 2.75) is 13.2 Å². The van der Waals surface area contributed by atoms with Crippen LogP contribution in [-0.2, 0) is 11.4 Å². The highest BCUT2D eigenvalue weighted by Crippen LogP contribution is 2.29. The molecule has 0 bridgehead atoms. The summed E-state index contributed by atoms with van der Waals surface area (Å²) in [6.45, 7) is -3.12. The van der Waals surface area contributed by atoms with Gasteiger partial charge >= 0.3 is 6.61 Å². The highest BCUT2D eigenvalue weighted by molar-refractivity contribution is 5.99. The monoisotopic (exact) mass is 481 g/mol. The zero-order chi connectivity index (χ0) is 25.2. The van der Waals surface area contributed by atoms with E-state index in [1.54, 1.807) is 42.5 Å². The summed E-state index contributed by atoms with van der Waals surface area (Å²) in [5.74, 6) is -0.830. The summed E-state index contributed by atoms with van der Waals surface area (Å²) in [5.41, 5.74) is 1.92. The van der Waals surface area contributed by atoms with E-state index in [4.69, 9.17) is 14.7 Å². The number of benzene rings is 3. The molecule has 0 aliphatic carbocycles. The number of carbonyl (C=O) groups excluding carboxylic acids is 2. The predicted molar refractivity (Wildman–Crippen MR) is 123 cm³/mol. The molecule has 2 N–H and O–H groups in total. The SMILES string of the molecule is COc1cc(C(=O)NCC(=O)Nc2cccc(OCc3cccc(C#N)c3)c2)ccc1OC(F)F. The van der Waals surface area contributed by atoms with Gasteiger partial charge in [-0.15, -0.1) is 0 Å². The molecular weight excluding hydrogens is 460 g/mol. The fourth-order valence-corrected chi connectivity index (χ4v) is 3.03. The largest absolute Gasteiger partial charge is 0.493 e. The number of hydrogen-bond acceptors (Lipinski definition) is 6. The third-order valence-corrected chi connectivity index (χ3v) is 4.63. The van der Waals surface area contributed by atoms with Crippen LogP contribution in [0, 0.1) is 11.3 Å². The fourth-order valence-electron chi connectivity index (χ4n) is 3.03. The van der Waals surface area contributed by atoms with Crippen LogP contribution in [-0.4, -0.2) is 32.1 Å². The first-order valence-electron chi connectivity index (χ1n) is 10.3. The number of halogens is 2. The van der Waals surface area contributed by atoms with Gasteiger partial charge in [-0.25, -0.2) is 0 Å². The van der Waals surface area contributed by atoms with Crippen molar-refractivity contribution in [2.75, 3.05) is 19.0 Å². The summed E-state index contributed by atoms with van der Waals surface area (Å²) in [6, 6.07) is 19.5. The lowest BCUT2D eigenvalue weighted by molar-refractivity contribution is -0.115. The average molecular weight is 481 g/mol. The number of ether oxygens (including phenoxy) is 3. The third-order valence-electron chi connectivity index (χ3n) is 4.63. The van der Waals surface area contributed by atoms with Crippen LogP contribution in [0.2, 0.25) is 0 Å². The zero-order valence-electron chi connectivity index (χ0n) is 18.6. The highest BCUT2D eigenvalue weighted by atomic mass is 19.3. The molecule has 3 rings (SSSR count). The van der Waals surface area contributed by atoms with E-state index in [9.17, 15) is 18.4 Å². The van der Waals surface area contributed by atoms with Gasteiger partial charge in [0, 0.05) is 17.3 Å². The molecule has 0 spiro atoms. The molecule has 0 aliphatic rings. The first-order valence-corrected chi connectivity index (χ1v) is 10.3. The number of methoxy groups -OCH3 is 1. The smallest absolute Gasteiger partial charge is 0.387 e. The van der Waals surface area contributed by atoms with Gasteiger partial charge in [-0.1, -0.05) is 18.2 Å². The van der Waals surface area contributed by atoms with Crippen molar-refractivity contribution in [2.24, 2.45) is 0 Å². The van der Waals surface area contributed by atoms with Crippen molar-refractivity contribution in [3.8, 4) is 23.3 Å². The molecule has 0 aliphatic heterocycles. The molecule has 0 atom stereocenters. The molecule has 0 aromatic heterocycles. The third kappa shape index (κ3) is 7.43. The summed E-state index contributed by atoms with van der Waals surface area (Å²) < 4.78 is 39.9. The van der Waals surface area contributed by atoms with Crippen LogP contribution in [0.15, 0.2) is 66.7 Å². The molecule has 0 unspecified atom stereocenters. The van der Waals surface area contributed by atoms with E-state index in [0.717, 1.165) is 5.56 Å². The Bertz CT molecular complexity index is 1240. The Morgan fingerprint density at radius 1 is 1.03 bits per heavy atom. The van der Waals surface area contributed by atoms with E-state index in [-0.39, 0.29) is 30.2 Å². The van der Waals surface area contributed by atoms with Crippen LogP contribution in [0.4, 0.5) is 14.5 Å². The lowest BCUT2D eigenvalue weighted by Crippen LogP contribution is -2.32. The number of nitriles is 1. The number of nitrogens with one attached hydrogen (secondary N) is 2. The van der Waals surface area contributed by atoms with Gasteiger partial charge in [0.2, 0.25) is 5.91 Å². The lowest BCUT2D eigenvalue weighted by Gasteiger charge is -2.12. The lowest BCUT2D eigenvalue weighted by atomic mass is 10.1. The van der Waals surface area contributed by atoms with Crippen molar-refractivity contribution in [1.82, 2.24) is 5.32 Å². The maximum absolute atomic E-state index is 12.4. The van der Waals surface area contributed by atoms with E-state index in [1.165, 1.54) is 25.3 Å². The molecule has 0 saturated carbocycles. The minimum atomic E-state index is -3.04. The molecule has 8 nitrogen and oxygen atoms in total.